The maximum absolute atomic E-state index is 13.2. The van der Waals surface area contributed by atoms with Crippen molar-refractivity contribution < 1.29 is 24.5 Å². The number of benzene rings is 3. The van der Waals surface area contributed by atoms with E-state index in [9.17, 15) is 19.8 Å². The van der Waals surface area contributed by atoms with Crippen LogP contribution in [0, 0.1) is 6.92 Å². The summed E-state index contributed by atoms with van der Waals surface area (Å²) in [5.41, 5.74) is 2.90. The van der Waals surface area contributed by atoms with E-state index < -0.39 is 17.7 Å². The number of nitrogens with zero attached hydrogens (tertiary/aromatic N) is 2. The predicted molar refractivity (Wildman–Crippen MR) is 142 cm³/mol. The number of aliphatic hydroxyl groups is 1. The molecule has 0 spiro atoms. The molecule has 7 heteroatoms. The molecule has 37 heavy (non-hydrogen) atoms. The minimum Gasteiger partial charge on any atom is -0.508 e. The number of phenols is 1. The van der Waals surface area contributed by atoms with Gasteiger partial charge in [0.1, 0.15) is 23.9 Å². The maximum atomic E-state index is 13.2. The lowest BCUT2D eigenvalue weighted by Crippen LogP contribution is -2.32. The number of carbonyl (C=O) groups excluding carboxylic acids is 2. The van der Waals surface area contributed by atoms with Crippen molar-refractivity contribution in [1.29, 1.82) is 0 Å². The molecule has 1 atom stereocenters. The van der Waals surface area contributed by atoms with Crippen molar-refractivity contribution in [2.75, 3.05) is 27.2 Å². The first-order valence-electron chi connectivity index (χ1n) is 12.3. The van der Waals surface area contributed by atoms with Crippen molar-refractivity contribution in [3.05, 3.63) is 101 Å². The molecule has 192 valence electrons. The Morgan fingerprint density at radius 3 is 2.35 bits per heavy atom. The van der Waals surface area contributed by atoms with Crippen LogP contribution in [0.1, 0.15) is 34.7 Å². The first kappa shape index (κ1) is 26.0. The Labute approximate surface area is 217 Å². The Morgan fingerprint density at radius 2 is 1.70 bits per heavy atom. The lowest BCUT2D eigenvalue weighted by Gasteiger charge is -2.26. The number of ketones is 1. The quantitative estimate of drug-likeness (QED) is 0.253. The highest BCUT2D eigenvalue weighted by atomic mass is 16.5. The molecule has 1 aliphatic heterocycles. The van der Waals surface area contributed by atoms with Gasteiger partial charge in [0.25, 0.3) is 11.7 Å². The molecule has 3 aromatic rings. The summed E-state index contributed by atoms with van der Waals surface area (Å²) in [7, 11) is 3.89. The number of phenolic OH excluding ortho intramolecular Hbond substituents is 1. The SMILES string of the molecule is Cc1cc(OCc2ccccc2)ccc1/C(O)=C1\C(=O)C(=O)N(CCCN(C)C)[C@H]1c1ccc(O)cc1. The van der Waals surface area contributed by atoms with Gasteiger partial charge >= 0.3 is 0 Å². The number of ether oxygens (including phenoxy) is 1. The van der Waals surface area contributed by atoms with Gasteiger partial charge in [-0.05, 0) is 81.0 Å². The van der Waals surface area contributed by atoms with Crippen LogP contribution in [-0.2, 0) is 16.2 Å². The standard InChI is InChI=1S/C30H32N2O5/c1-20-18-24(37-19-21-8-5-4-6-9-21)14-15-25(20)28(34)26-27(22-10-12-23(33)13-11-22)32(30(36)29(26)35)17-7-16-31(2)3/h4-6,8-15,18,27,33-34H,7,16-17,19H2,1-3H3/b28-26+/t27-/m0/s1. The molecule has 0 aromatic heterocycles. The highest BCUT2D eigenvalue weighted by Gasteiger charge is 2.45. The zero-order valence-electron chi connectivity index (χ0n) is 21.3. The maximum Gasteiger partial charge on any atom is 0.295 e. The molecule has 0 radical (unpaired) electrons. The van der Waals surface area contributed by atoms with E-state index in [0.29, 0.717) is 42.0 Å². The molecule has 1 amide bonds. The number of aliphatic hydroxyl groups excluding tert-OH is 1. The van der Waals surface area contributed by atoms with E-state index in [0.717, 1.165) is 12.1 Å². The fourth-order valence-corrected chi connectivity index (χ4v) is 4.55. The Hall–Kier alpha value is -4.10. The third-order valence-corrected chi connectivity index (χ3v) is 6.45. The number of likely N-dealkylation sites (tertiary alicyclic amines) is 1. The van der Waals surface area contributed by atoms with E-state index in [1.807, 2.05) is 56.3 Å². The molecule has 1 heterocycles. The summed E-state index contributed by atoms with van der Waals surface area (Å²) in [5, 5.41) is 21.2. The summed E-state index contributed by atoms with van der Waals surface area (Å²) in [6, 6.07) is 20.7. The molecule has 0 saturated carbocycles. The van der Waals surface area contributed by atoms with Crippen molar-refractivity contribution in [2.45, 2.75) is 26.0 Å². The predicted octanol–water partition coefficient (Wildman–Crippen LogP) is 4.65. The van der Waals surface area contributed by atoms with E-state index in [1.165, 1.54) is 17.0 Å². The molecular formula is C30H32N2O5. The van der Waals surface area contributed by atoms with Gasteiger partial charge in [0.05, 0.1) is 11.6 Å². The number of Topliss-reactive ketones (excluding diaryl/α,β-unsaturated/α-hetero) is 1. The molecule has 7 nitrogen and oxygen atoms in total. The van der Waals surface area contributed by atoms with Crippen LogP contribution in [0.25, 0.3) is 5.76 Å². The molecule has 4 rings (SSSR count). The highest BCUT2D eigenvalue weighted by molar-refractivity contribution is 6.46. The summed E-state index contributed by atoms with van der Waals surface area (Å²) >= 11 is 0. The van der Waals surface area contributed by atoms with Crippen LogP contribution < -0.4 is 4.74 Å². The van der Waals surface area contributed by atoms with Gasteiger partial charge in [-0.3, -0.25) is 9.59 Å². The lowest BCUT2D eigenvalue weighted by atomic mass is 9.93. The van der Waals surface area contributed by atoms with Crippen molar-refractivity contribution in [3.63, 3.8) is 0 Å². The zero-order chi connectivity index (χ0) is 26.5. The van der Waals surface area contributed by atoms with Gasteiger partial charge in [0.2, 0.25) is 0 Å². The van der Waals surface area contributed by atoms with Crippen LogP contribution in [0.3, 0.4) is 0 Å². The van der Waals surface area contributed by atoms with Crippen LogP contribution in [-0.4, -0.2) is 58.9 Å². The van der Waals surface area contributed by atoms with Gasteiger partial charge in [0, 0.05) is 12.1 Å². The number of aryl methyl sites for hydroxylation is 1. The van der Waals surface area contributed by atoms with Crippen LogP contribution in [0.5, 0.6) is 11.5 Å². The summed E-state index contributed by atoms with van der Waals surface area (Å²) in [6.45, 7) is 3.34. The second kappa shape index (κ2) is 11.3. The second-order valence-electron chi connectivity index (χ2n) is 9.49. The highest BCUT2D eigenvalue weighted by Crippen LogP contribution is 2.40. The number of aromatic hydroxyl groups is 1. The summed E-state index contributed by atoms with van der Waals surface area (Å²) in [6.07, 6.45) is 0.668. The summed E-state index contributed by atoms with van der Waals surface area (Å²) < 4.78 is 5.90. The monoisotopic (exact) mass is 500 g/mol. The van der Waals surface area contributed by atoms with E-state index in [-0.39, 0.29) is 17.1 Å². The van der Waals surface area contributed by atoms with E-state index in [2.05, 4.69) is 0 Å². The van der Waals surface area contributed by atoms with Crippen molar-refractivity contribution in [1.82, 2.24) is 9.80 Å². The van der Waals surface area contributed by atoms with Crippen molar-refractivity contribution in [2.24, 2.45) is 0 Å². The average Bonchev–Trinajstić information content (AvgIpc) is 3.13. The van der Waals surface area contributed by atoms with E-state index >= 15 is 0 Å². The fraction of sp³-hybridized carbons (Fsp3) is 0.267. The van der Waals surface area contributed by atoms with Gasteiger partial charge in [0.15, 0.2) is 0 Å². The van der Waals surface area contributed by atoms with Crippen LogP contribution in [0.2, 0.25) is 0 Å². The van der Waals surface area contributed by atoms with Gasteiger partial charge in [-0.15, -0.1) is 0 Å². The van der Waals surface area contributed by atoms with Crippen LogP contribution in [0.15, 0.2) is 78.4 Å². The molecule has 0 aliphatic carbocycles. The van der Waals surface area contributed by atoms with E-state index in [4.69, 9.17) is 4.74 Å². The minimum absolute atomic E-state index is 0.0431. The van der Waals surface area contributed by atoms with Gasteiger partial charge in [-0.2, -0.15) is 0 Å². The molecule has 1 saturated heterocycles. The Balaban J connectivity index is 1.68. The van der Waals surface area contributed by atoms with E-state index in [1.54, 1.807) is 30.3 Å². The molecular weight excluding hydrogens is 468 g/mol. The first-order valence-corrected chi connectivity index (χ1v) is 12.3. The third-order valence-electron chi connectivity index (χ3n) is 6.45. The number of rotatable bonds is 9. The molecule has 0 unspecified atom stereocenters. The Kier molecular flexibility index (Phi) is 7.94. The molecule has 1 fully saturated rings. The first-order chi connectivity index (χ1) is 17.8. The average molecular weight is 501 g/mol. The third kappa shape index (κ3) is 5.84. The summed E-state index contributed by atoms with van der Waals surface area (Å²) in [5.74, 6) is -0.867. The zero-order valence-corrected chi connectivity index (χ0v) is 21.3. The Morgan fingerprint density at radius 1 is 1.00 bits per heavy atom. The van der Waals surface area contributed by atoms with Crippen molar-refractivity contribution >= 4 is 17.4 Å². The largest absolute Gasteiger partial charge is 0.508 e. The molecule has 0 bridgehead atoms. The molecule has 1 aliphatic rings. The molecule has 3 aromatic carbocycles. The smallest absolute Gasteiger partial charge is 0.295 e. The Bertz CT molecular complexity index is 1300. The number of amides is 1. The summed E-state index contributed by atoms with van der Waals surface area (Å²) in [4.78, 5) is 29.8. The number of hydrogen-bond acceptors (Lipinski definition) is 6. The van der Waals surface area contributed by atoms with Crippen LogP contribution >= 0.6 is 0 Å². The van der Waals surface area contributed by atoms with Crippen LogP contribution in [0.4, 0.5) is 0 Å². The number of carbonyl (C=O) groups is 2. The van der Waals surface area contributed by atoms with Crippen molar-refractivity contribution in [3.8, 4) is 11.5 Å². The van der Waals surface area contributed by atoms with Gasteiger partial charge in [-0.1, -0.05) is 42.5 Å². The van der Waals surface area contributed by atoms with Gasteiger partial charge < -0.3 is 24.7 Å². The normalized spacial score (nSPS) is 17.0. The number of hydrogen-bond donors (Lipinski definition) is 2. The van der Waals surface area contributed by atoms with Gasteiger partial charge in [-0.25, -0.2) is 0 Å². The fourth-order valence-electron chi connectivity index (χ4n) is 4.55. The minimum atomic E-state index is -0.754. The molecule has 2 N–H and O–H groups in total. The topological polar surface area (TPSA) is 90.3 Å². The second-order valence-corrected chi connectivity index (χ2v) is 9.49. The lowest BCUT2D eigenvalue weighted by molar-refractivity contribution is -0.139.